The van der Waals surface area contributed by atoms with Crippen molar-refractivity contribution in [2.75, 3.05) is 6.61 Å². The lowest BCUT2D eigenvalue weighted by molar-refractivity contribution is -0.145. The maximum absolute atomic E-state index is 10.7. The molecule has 1 N–H and O–H groups in total. The Morgan fingerprint density at radius 1 is 1.55 bits per heavy atom. The summed E-state index contributed by atoms with van der Waals surface area (Å²) in [6.07, 6.45) is -1.87. The minimum absolute atomic E-state index is 0.241. The van der Waals surface area contributed by atoms with Gasteiger partial charge in [-0.3, -0.25) is 0 Å². The topological polar surface area (TPSA) is 76.1 Å². The number of esters is 1. The third-order valence-electron chi connectivity index (χ3n) is 1.25. The lowest BCUT2D eigenvalue weighted by Crippen LogP contribution is -2.17. The van der Waals surface area contributed by atoms with Gasteiger partial charge in [0, 0.05) is 0 Å². The summed E-state index contributed by atoms with van der Waals surface area (Å²) in [6, 6.07) is 0. The van der Waals surface area contributed by atoms with Crippen LogP contribution in [-0.4, -0.2) is 35.9 Å². The van der Waals surface area contributed by atoms with E-state index in [0.717, 1.165) is 0 Å². The van der Waals surface area contributed by atoms with Crippen molar-refractivity contribution < 1.29 is 24.2 Å². The Labute approximate surface area is 62.9 Å². The second-order valence-electron chi connectivity index (χ2n) is 2.07. The molecule has 1 rings (SSSR count). The molecule has 0 aromatic heterocycles. The zero-order chi connectivity index (χ0) is 8.43. The van der Waals surface area contributed by atoms with E-state index in [9.17, 15) is 9.59 Å². The Morgan fingerprint density at radius 3 is 2.55 bits per heavy atom. The smallest absolute Gasteiger partial charge is 0.338 e. The Balaban J connectivity index is 2.32. The number of aliphatic carboxylic acids is 1. The highest BCUT2D eigenvalue weighted by Gasteiger charge is 2.51. The number of carbonyl (C=O) groups excluding carboxylic acids is 1. The number of carboxylic acid groups (broad SMARTS) is 1. The van der Waals surface area contributed by atoms with Crippen molar-refractivity contribution in [2.45, 2.75) is 19.1 Å². The van der Waals surface area contributed by atoms with Crippen molar-refractivity contribution >= 4 is 11.9 Å². The third-order valence-corrected chi connectivity index (χ3v) is 1.25. The van der Waals surface area contributed by atoms with Crippen molar-refractivity contribution in [1.82, 2.24) is 0 Å². The largest absolute Gasteiger partial charge is 0.479 e. The molecule has 0 aromatic carbocycles. The summed E-state index contributed by atoms with van der Waals surface area (Å²) in [6.45, 7) is 1.89. The standard InChI is InChI=1S/C6H8O5/c1-2-10-6(9)4-3(11-4)5(7)8/h3-4H,2H2,1H3,(H,7,8)/t3-,4+/m1/s1. The Bertz CT molecular complexity index is 187. The summed E-state index contributed by atoms with van der Waals surface area (Å²) in [5.74, 6) is -1.72. The molecule has 11 heavy (non-hydrogen) atoms. The lowest BCUT2D eigenvalue weighted by atomic mass is 10.3. The van der Waals surface area contributed by atoms with Crippen LogP contribution in [-0.2, 0) is 19.1 Å². The van der Waals surface area contributed by atoms with Gasteiger partial charge in [0.15, 0.2) is 12.2 Å². The molecule has 0 radical (unpaired) electrons. The summed E-state index contributed by atoms with van der Waals surface area (Å²) in [7, 11) is 0. The minimum Gasteiger partial charge on any atom is -0.479 e. The van der Waals surface area contributed by atoms with E-state index in [-0.39, 0.29) is 6.61 Å². The van der Waals surface area contributed by atoms with E-state index in [0.29, 0.717) is 0 Å². The lowest BCUT2D eigenvalue weighted by Gasteiger charge is -1.94. The fourth-order valence-electron chi connectivity index (χ4n) is 0.704. The van der Waals surface area contributed by atoms with E-state index < -0.39 is 24.1 Å². The van der Waals surface area contributed by atoms with Gasteiger partial charge in [-0.2, -0.15) is 0 Å². The van der Waals surface area contributed by atoms with Gasteiger partial charge < -0.3 is 14.6 Å². The number of carboxylic acids is 1. The van der Waals surface area contributed by atoms with E-state index in [1.165, 1.54) is 0 Å². The highest BCUT2D eigenvalue weighted by atomic mass is 16.7. The average molecular weight is 160 g/mol. The SMILES string of the molecule is CCOC(=O)[C@H]1O[C@H]1C(=O)O. The second-order valence-corrected chi connectivity index (χ2v) is 2.07. The van der Waals surface area contributed by atoms with Crippen LogP contribution in [0.1, 0.15) is 6.92 Å². The fraction of sp³-hybridized carbons (Fsp3) is 0.667. The molecule has 5 nitrogen and oxygen atoms in total. The zero-order valence-electron chi connectivity index (χ0n) is 5.94. The van der Waals surface area contributed by atoms with Crippen LogP contribution in [0.4, 0.5) is 0 Å². The monoisotopic (exact) mass is 160 g/mol. The molecular weight excluding hydrogens is 152 g/mol. The van der Waals surface area contributed by atoms with Gasteiger partial charge in [-0.1, -0.05) is 0 Å². The molecule has 1 fully saturated rings. The maximum atomic E-state index is 10.7. The van der Waals surface area contributed by atoms with Crippen LogP contribution >= 0.6 is 0 Å². The van der Waals surface area contributed by atoms with Gasteiger partial charge in [-0.25, -0.2) is 9.59 Å². The van der Waals surface area contributed by atoms with Crippen LogP contribution in [0.25, 0.3) is 0 Å². The van der Waals surface area contributed by atoms with Crippen LogP contribution in [0.15, 0.2) is 0 Å². The van der Waals surface area contributed by atoms with Crippen molar-refractivity contribution in [2.24, 2.45) is 0 Å². The highest BCUT2D eigenvalue weighted by molar-refractivity contribution is 5.88. The first kappa shape index (κ1) is 8.00. The molecule has 0 saturated carbocycles. The Kier molecular flexibility index (Phi) is 2.09. The average Bonchev–Trinajstić information content (AvgIpc) is 2.65. The van der Waals surface area contributed by atoms with E-state index in [1.54, 1.807) is 6.92 Å². The van der Waals surface area contributed by atoms with Crippen LogP contribution in [0.5, 0.6) is 0 Å². The fourth-order valence-corrected chi connectivity index (χ4v) is 0.704. The summed E-state index contributed by atoms with van der Waals surface area (Å²) < 4.78 is 9.04. The highest BCUT2D eigenvalue weighted by Crippen LogP contribution is 2.23. The summed E-state index contributed by atoms with van der Waals surface area (Å²) in [5, 5.41) is 8.31. The molecule has 1 aliphatic rings. The van der Waals surface area contributed by atoms with E-state index >= 15 is 0 Å². The number of hydrogen-bond acceptors (Lipinski definition) is 4. The van der Waals surface area contributed by atoms with Gasteiger partial charge in [0.25, 0.3) is 0 Å². The summed E-state index contributed by atoms with van der Waals surface area (Å²) >= 11 is 0. The Morgan fingerprint density at radius 2 is 2.18 bits per heavy atom. The number of carbonyl (C=O) groups is 2. The predicted molar refractivity (Wildman–Crippen MR) is 32.9 cm³/mol. The number of rotatable bonds is 3. The molecule has 1 heterocycles. The minimum atomic E-state index is -1.12. The van der Waals surface area contributed by atoms with Gasteiger partial charge >= 0.3 is 11.9 Å². The first-order valence-electron chi connectivity index (χ1n) is 3.21. The van der Waals surface area contributed by atoms with Crippen LogP contribution in [0, 0.1) is 0 Å². The first-order chi connectivity index (χ1) is 5.16. The molecule has 5 heteroatoms. The molecule has 0 spiro atoms. The van der Waals surface area contributed by atoms with Crippen LogP contribution in [0.3, 0.4) is 0 Å². The first-order valence-corrected chi connectivity index (χ1v) is 3.21. The normalized spacial score (nSPS) is 27.7. The van der Waals surface area contributed by atoms with Crippen molar-refractivity contribution in [3.05, 3.63) is 0 Å². The molecule has 0 aliphatic carbocycles. The molecule has 0 bridgehead atoms. The quantitative estimate of drug-likeness (QED) is 0.440. The maximum Gasteiger partial charge on any atom is 0.338 e. The van der Waals surface area contributed by atoms with Gasteiger partial charge in [0.05, 0.1) is 6.61 Å². The number of epoxide rings is 1. The van der Waals surface area contributed by atoms with E-state index in [4.69, 9.17) is 5.11 Å². The molecule has 0 amide bonds. The van der Waals surface area contributed by atoms with Crippen molar-refractivity contribution in [3.8, 4) is 0 Å². The van der Waals surface area contributed by atoms with Gasteiger partial charge in [0.1, 0.15) is 0 Å². The molecule has 2 atom stereocenters. The molecule has 1 aliphatic heterocycles. The van der Waals surface area contributed by atoms with Crippen LogP contribution in [0.2, 0.25) is 0 Å². The molecule has 62 valence electrons. The van der Waals surface area contributed by atoms with Crippen LogP contribution < -0.4 is 0 Å². The van der Waals surface area contributed by atoms with Gasteiger partial charge in [-0.15, -0.1) is 0 Å². The van der Waals surface area contributed by atoms with E-state index in [1.807, 2.05) is 0 Å². The second kappa shape index (κ2) is 2.87. The zero-order valence-corrected chi connectivity index (χ0v) is 5.94. The Hall–Kier alpha value is -1.10. The summed E-state index contributed by atoms with van der Waals surface area (Å²) in [5.41, 5.74) is 0. The third kappa shape index (κ3) is 1.68. The number of hydrogen-bond donors (Lipinski definition) is 1. The van der Waals surface area contributed by atoms with Gasteiger partial charge in [0.2, 0.25) is 0 Å². The van der Waals surface area contributed by atoms with Gasteiger partial charge in [-0.05, 0) is 6.92 Å². The molecule has 1 saturated heterocycles. The van der Waals surface area contributed by atoms with Crippen molar-refractivity contribution in [3.63, 3.8) is 0 Å². The number of ether oxygens (including phenoxy) is 2. The molecular formula is C6H8O5. The predicted octanol–water partition coefficient (Wildman–Crippen LogP) is -0.599. The van der Waals surface area contributed by atoms with Crippen molar-refractivity contribution in [1.29, 1.82) is 0 Å². The summed E-state index contributed by atoms with van der Waals surface area (Å²) in [4.78, 5) is 20.9. The molecule has 0 unspecified atom stereocenters. The molecule has 0 aromatic rings. The van der Waals surface area contributed by atoms with E-state index in [2.05, 4.69) is 9.47 Å².